The van der Waals surface area contributed by atoms with Crippen molar-refractivity contribution in [1.82, 2.24) is 4.98 Å². The van der Waals surface area contributed by atoms with Gasteiger partial charge in [-0.25, -0.2) is 9.78 Å². The molecular formula is C15H18N2O3. The van der Waals surface area contributed by atoms with Crippen molar-refractivity contribution in [2.24, 2.45) is 0 Å². The van der Waals surface area contributed by atoms with E-state index in [4.69, 9.17) is 9.52 Å². The number of aryl methyl sites for hydroxylation is 1. The molecule has 0 bridgehead atoms. The van der Waals surface area contributed by atoms with Crippen LogP contribution in [0.2, 0.25) is 0 Å². The number of carboxylic acid groups (broad SMARTS) is 1. The number of aromatic nitrogens is 1. The van der Waals surface area contributed by atoms with Gasteiger partial charge in [-0.3, -0.25) is 0 Å². The molecule has 0 saturated carbocycles. The topological polar surface area (TPSA) is 75.4 Å². The van der Waals surface area contributed by atoms with Crippen LogP contribution in [0.15, 0.2) is 34.9 Å². The normalized spacial score (nSPS) is 12.1. The first kappa shape index (κ1) is 14.1. The van der Waals surface area contributed by atoms with E-state index in [-0.39, 0.29) is 11.6 Å². The van der Waals surface area contributed by atoms with E-state index in [1.165, 1.54) is 0 Å². The molecular weight excluding hydrogens is 256 g/mol. The SMILES string of the molecule is CCc1cc(C(=O)O)cc(NC(C)Cc2ccco2)n1. The number of hydrogen-bond donors (Lipinski definition) is 2. The highest BCUT2D eigenvalue weighted by Gasteiger charge is 2.11. The number of carboxylic acids is 1. The quantitative estimate of drug-likeness (QED) is 0.847. The van der Waals surface area contributed by atoms with Crippen molar-refractivity contribution in [3.05, 3.63) is 47.5 Å². The number of aromatic carboxylic acids is 1. The Morgan fingerprint density at radius 3 is 2.90 bits per heavy atom. The van der Waals surface area contributed by atoms with Gasteiger partial charge in [-0.1, -0.05) is 6.92 Å². The molecule has 1 unspecified atom stereocenters. The van der Waals surface area contributed by atoms with Crippen LogP contribution in [-0.2, 0) is 12.8 Å². The Balaban J connectivity index is 2.11. The molecule has 5 nitrogen and oxygen atoms in total. The molecule has 0 radical (unpaired) electrons. The summed E-state index contributed by atoms with van der Waals surface area (Å²) < 4.78 is 5.29. The Labute approximate surface area is 117 Å². The monoisotopic (exact) mass is 274 g/mol. The minimum Gasteiger partial charge on any atom is -0.478 e. The molecule has 5 heteroatoms. The number of furan rings is 1. The van der Waals surface area contributed by atoms with Crippen LogP contribution in [0, 0.1) is 0 Å². The van der Waals surface area contributed by atoms with E-state index < -0.39 is 5.97 Å². The standard InChI is InChI=1S/C15H18N2O3/c1-3-12-8-11(15(18)19)9-14(17-12)16-10(2)7-13-5-4-6-20-13/h4-6,8-10H,3,7H2,1-2H3,(H,16,17)(H,18,19). The summed E-state index contributed by atoms with van der Waals surface area (Å²) in [6.45, 7) is 3.95. The second kappa shape index (κ2) is 6.23. The van der Waals surface area contributed by atoms with Crippen LogP contribution < -0.4 is 5.32 Å². The molecule has 0 aliphatic heterocycles. The third kappa shape index (κ3) is 3.60. The molecule has 2 aromatic heterocycles. The molecule has 0 fully saturated rings. The number of nitrogens with one attached hydrogen (secondary N) is 1. The Hall–Kier alpha value is -2.30. The van der Waals surface area contributed by atoms with Gasteiger partial charge < -0.3 is 14.8 Å². The number of hydrogen-bond acceptors (Lipinski definition) is 4. The second-order valence-electron chi connectivity index (χ2n) is 4.72. The zero-order valence-electron chi connectivity index (χ0n) is 11.6. The molecule has 0 saturated heterocycles. The predicted molar refractivity (Wildman–Crippen MR) is 76.1 cm³/mol. The highest BCUT2D eigenvalue weighted by Crippen LogP contribution is 2.14. The molecule has 0 aliphatic carbocycles. The van der Waals surface area contributed by atoms with Gasteiger partial charge in [0, 0.05) is 18.2 Å². The number of nitrogens with zero attached hydrogens (tertiary/aromatic N) is 1. The van der Waals surface area contributed by atoms with Crippen LogP contribution in [0.3, 0.4) is 0 Å². The average Bonchev–Trinajstić information content (AvgIpc) is 2.90. The Bertz CT molecular complexity index is 579. The van der Waals surface area contributed by atoms with Gasteiger partial charge in [-0.15, -0.1) is 0 Å². The van der Waals surface area contributed by atoms with Gasteiger partial charge in [0.25, 0.3) is 0 Å². The molecule has 2 heterocycles. The molecule has 0 amide bonds. The van der Waals surface area contributed by atoms with Crippen LogP contribution in [0.1, 0.15) is 35.7 Å². The molecule has 2 aromatic rings. The molecule has 1 atom stereocenters. The van der Waals surface area contributed by atoms with Gasteiger partial charge in [-0.05, 0) is 37.6 Å². The Morgan fingerprint density at radius 1 is 1.50 bits per heavy atom. The lowest BCUT2D eigenvalue weighted by Gasteiger charge is -2.14. The lowest BCUT2D eigenvalue weighted by atomic mass is 10.1. The highest BCUT2D eigenvalue weighted by atomic mass is 16.4. The van der Waals surface area contributed by atoms with E-state index in [9.17, 15) is 4.79 Å². The molecule has 0 aliphatic rings. The van der Waals surface area contributed by atoms with Gasteiger partial charge in [-0.2, -0.15) is 0 Å². The first-order valence-corrected chi connectivity index (χ1v) is 6.61. The number of pyridine rings is 1. The van der Waals surface area contributed by atoms with Crippen LogP contribution in [0.4, 0.5) is 5.82 Å². The maximum absolute atomic E-state index is 11.1. The summed E-state index contributed by atoms with van der Waals surface area (Å²) >= 11 is 0. The first-order chi connectivity index (χ1) is 9.58. The van der Waals surface area contributed by atoms with E-state index in [2.05, 4.69) is 10.3 Å². The van der Waals surface area contributed by atoms with E-state index in [1.54, 1.807) is 18.4 Å². The number of rotatable bonds is 6. The van der Waals surface area contributed by atoms with E-state index in [0.29, 0.717) is 18.7 Å². The van der Waals surface area contributed by atoms with Gasteiger partial charge in [0.05, 0.1) is 11.8 Å². The van der Waals surface area contributed by atoms with Crippen LogP contribution in [0.25, 0.3) is 0 Å². The summed E-state index contributed by atoms with van der Waals surface area (Å²) in [6.07, 6.45) is 3.05. The maximum Gasteiger partial charge on any atom is 0.335 e. The van der Waals surface area contributed by atoms with E-state index in [0.717, 1.165) is 11.5 Å². The van der Waals surface area contributed by atoms with Gasteiger partial charge in [0.2, 0.25) is 0 Å². The largest absolute Gasteiger partial charge is 0.478 e. The smallest absolute Gasteiger partial charge is 0.335 e. The molecule has 2 N–H and O–H groups in total. The summed E-state index contributed by atoms with van der Waals surface area (Å²) in [5.41, 5.74) is 1.02. The minimum absolute atomic E-state index is 0.0994. The summed E-state index contributed by atoms with van der Waals surface area (Å²) in [7, 11) is 0. The summed E-state index contributed by atoms with van der Waals surface area (Å²) in [4.78, 5) is 15.5. The highest BCUT2D eigenvalue weighted by molar-refractivity contribution is 5.88. The van der Waals surface area contributed by atoms with Crippen LogP contribution in [0.5, 0.6) is 0 Å². The summed E-state index contributed by atoms with van der Waals surface area (Å²) in [6, 6.07) is 7.02. The van der Waals surface area contributed by atoms with Gasteiger partial charge in [0.1, 0.15) is 11.6 Å². The van der Waals surface area contributed by atoms with Crippen LogP contribution in [-0.4, -0.2) is 22.1 Å². The van der Waals surface area contributed by atoms with Crippen molar-refractivity contribution in [2.45, 2.75) is 32.7 Å². The van der Waals surface area contributed by atoms with Crippen molar-refractivity contribution in [1.29, 1.82) is 0 Å². The van der Waals surface area contributed by atoms with Crippen molar-refractivity contribution >= 4 is 11.8 Å². The maximum atomic E-state index is 11.1. The summed E-state index contributed by atoms with van der Waals surface area (Å²) in [5, 5.41) is 12.3. The minimum atomic E-state index is -0.941. The molecule has 2 rings (SSSR count). The van der Waals surface area contributed by atoms with E-state index in [1.807, 2.05) is 26.0 Å². The fraction of sp³-hybridized carbons (Fsp3) is 0.333. The van der Waals surface area contributed by atoms with Crippen molar-refractivity contribution in [2.75, 3.05) is 5.32 Å². The van der Waals surface area contributed by atoms with Crippen molar-refractivity contribution < 1.29 is 14.3 Å². The molecule has 0 spiro atoms. The third-order valence-corrected chi connectivity index (χ3v) is 2.97. The zero-order chi connectivity index (χ0) is 14.5. The average molecular weight is 274 g/mol. The summed E-state index contributed by atoms with van der Waals surface area (Å²) in [5.74, 6) is 0.528. The second-order valence-corrected chi connectivity index (χ2v) is 4.72. The van der Waals surface area contributed by atoms with Gasteiger partial charge >= 0.3 is 5.97 Å². The number of anilines is 1. The Kier molecular flexibility index (Phi) is 4.40. The lowest BCUT2D eigenvalue weighted by Crippen LogP contribution is -2.19. The fourth-order valence-corrected chi connectivity index (χ4v) is 2.00. The van der Waals surface area contributed by atoms with Crippen molar-refractivity contribution in [3.8, 4) is 0 Å². The molecule has 106 valence electrons. The first-order valence-electron chi connectivity index (χ1n) is 6.61. The molecule has 20 heavy (non-hydrogen) atoms. The van der Waals surface area contributed by atoms with E-state index >= 15 is 0 Å². The van der Waals surface area contributed by atoms with Crippen LogP contribution >= 0.6 is 0 Å². The zero-order valence-corrected chi connectivity index (χ0v) is 11.6. The lowest BCUT2D eigenvalue weighted by molar-refractivity contribution is 0.0696. The third-order valence-electron chi connectivity index (χ3n) is 2.97. The molecule has 0 aromatic carbocycles. The fourth-order valence-electron chi connectivity index (χ4n) is 2.00. The predicted octanol–water partition coefficient (Wildman–Crippen LogP) is 2.98. The van der Waals surface area contributed by atoms with Gasteiger partial charge in [0.15, 0.2) is 0 Å². The van der Waals surface area contributed by atoms with Crippen molar-refractivity contribution in [3.63, 3.8) is 0 Å². The Morgan fingerprint density at radius 2 is 2.30 bits per heavy atom. The number of carbonyl (C=O) groups is 1.